The lowest BCUT2D eigenvalue weighted by Gasteiger charge is -2.16. The van der Waals surface area contributed by atoms with Gasteiger partial charge in [-0.25, -0.2) is 4.98 Å². The van der Waals surface area contributed by atoms with E-state index in [1.165, 1.54) is 30.3 Å². The molecule has 1 aromatic heterocycles. The maximum absolute atomic E-state index is 12.7. The molecule has 30 heavy (non-hydrogen) atoms. The first-order valence-electron chi connectivity index (χ1n) is 8.70. The number of hydrogen-bond donors (Lipinski definition) is 0. The zero-order valence-corrected chi connectivity index (χ0v) is 15.9. The summed E-state index contributed by atoms with van der Waals surface area (Å²) in [6.07, 6.45) is -4.86. The molecule has 9 heteroatoms. The molecule has 0 fully saturated rings. The SMILES string of the molecule is O=C1c2ccccc2C(=O)N1Cc1ccc(-c2ccccc2OC(F)(F)F)c(Cl)n1. The molecule has 0 N–H and O–H groups in total. The highest BCUT2D eigenvalue weighted by Crippen LogP contribution is 2.37. The van der Waals surface area contributed by atoms with Crippen molar-refractivity contribution in [3.8, 4) is 16.9 Å². The molecule has 3 aromatic rings. The quantitative estimate of drug-likeness (QED) is 0.425. The van der Waals surface area contributed by atoms with E-state index in [4.69, 9.17) is 11.6 Å². The Kier molecular flexibility index (Phi) is 4.95. The fourth-order valence-electron chi connectivity index (χ4n) is 3.21. The van der Waals surface area contributed by atoms with Crippen molar-refractivity contribution in [1.82, 2.24) is 9.88 Å². The fourth-order valence-corrected chi connectivity index (χ4v) is 3.48. The predicted octanol–water partition coefficient (Wildman–Crippen LogP) is 5.10. The molecule has 0 saturated heterocycles. The van der Waals surface area contributed by atoms with Gasteiger partial charge in [0.2, 0.25) is 0 Å². The summed E-state index contributed by atoms with van der Waals surface area (Å²) in [7, 11) is 0. The molecule has 0 spiro atoms. The summed E-state index contributed by atoms with van der Waals surface area (Å²) >= 11 is 6.22. The van der Waals surface area contributed by atoms with Gasteiger partial charge < -0.3 is 4.74 Å². The maximum Gasteiger partial charge on any atom is 0.573 e. The van der Waals surface area contributed by atoms with Crippen LogP contribution in [0.3, 0.4) is 0 Å². The molecule has 0 aliphatic carbocycles. The third-order valence-corrected chi connectivity index (χ3v) is 4.80. The smallest absolute Gasteiger partial charge is 0.405 e. The number of halogens is 4. The lowest BCUT2D eigenvalue weighted by atomic mass is 10.1. The lowest BCUT2D eigenvalue weighted by Crippen LogP contribution is -2.29. The van der Waals surface area contributed by atoms with Gasteiger partial charge in [0.15, 0.2) is 0 Å². The Morgan fingerprint density at radius 3 is 1.97 bits per heavy atom. The Labute approximate surface area is 173 Å². The van der Waals surface area contributed by atoms with Crippen molar-refractivity contribution in [1.29, 1.82) is 0 Å². The van der Waals surface area contributed by atoms with Crippen LogP contribution in [0.5, 0.6) is 5.75 Å². The van der Waals surface area contributed by atoms with Gasteiger partial charge in [0, 0.05) is 11.1 Å². The number of imide groups is 1. The van der Waals surface area contributed by atoms with E-state index in [-0.39, 0.29) is 22.8 Å². The lowest BCUT2D eigenvalue weighted by molar-refractivity contribution is -0.274. The molecule has 2 aromatic carbocycles. The largest absolute Gasteiger partial charge is 0.573 e. The van der Waals surface area contributed by atoms with Gasteiger partial charge in [-0.1, -0.05) is 41.9 Å². The molecule has 5 nitrogen and oxygen atoms in total. The van der Waals surface area contributed by atoms with E-state index >= 15 is 0 Å². The van der Waals surface area contributed by atoms with E-state index in [9.17, 15) is 22.8 Å². The van der Waals surface area contributed by atoms with Crippen molar-refractivity contribution in [3.05, 3.63) is 82.6 Å². The number of alkyl halides is 3. The molecule has 0 atom stereocenters. The van der Waals surface area contributed by atoms with Gasteiger partial charge in [-0.3, -0.25) is 14.5 Å². The number of carbonyl (C=O) groups excluding carboxylic acids is 2. The normalized spacial score (nSPS) is 13.5. The van der Waals surface area contributed by atoms with Crippen molar-refractivity contribution in [3.63, 3.8) is 0 Å². The number of nitrogens with zero attached hydrogens (tertiary/aromatic N) is 2. The van der Waals surface area contributed by atoms with Crippen LogP contribution in [-0.2, 0) is 6.54 Å². The summed E-state index contributed by atoms with van der Waals surface area (Å²) in [5, 5.41) is -0.0812. The third kappa shape index (κ3) is 3.73. The second kappa shape index (κ2) is 7.46. The summed E-state index contributed by atoms with van der Waals surface area (Å²) in [5.41, 5.74) is 1.27. The number of hydrogen-bond acceptors (Lipinski definition) is 4. The van der Waals surface area contributed by atoms with E-state index in [0.717, 1.165) is 4.90 Å². The number of para-hydroxylation sites is 1. The third-order valence-electron chi connectivity index (χ3n) is 4.51. The van der Waals surface area contributed by atoms with Gasteiger partial charge in [-0.15, -0.1) is 13.2 Å². The highest BCUT2D eigenvalue weighted by Gasteiger charge is 2.35. The van der Waals surface area contributed by atoms with Crippen LogP contribution >= 0.6 is 11.6 Å². The Hall–Kier alpha value is -3.39. The van der Waals surface area contributed by atoms with Crippen LogP contribution in [0.15, 0.2) is 60.7 Å². The number of ether oxygens (including phenoxy) is 1. The van der Waals surface area contributed by atoms with Crippen LogP contribution in [-0.4, -0.2) is 28.1 Å². The minimum absolute atomic E-state index is 0.0812. The molecular formula is C21H12ClF3N2O3. The Morgan fingerprint density at radius 1 is 0.833 bits per heavy atom. The summed E-state index contributed by atoms with van der Waals surface area (Å²) < 4.78 is 42.1. The molecule has 0 unspecified atom stereocenters. The summed E-state index contributed by atoms with van der Waals surface area (Å²) in [6, 6.07) is 15.0. The molecule has 0 bridgehead atoms. The van der Waals surface area contributed by atoms with Gasteiger partial charge in [-0.05, 0) is 30.3 Å². The number of aromatic nitrogens is 1. The molecule has 152 valence electrons. The molecule has 1 aliphatic heterocycles. The van der Waals surface area contributed by atoms with E-state index in [1.807, 2.05) is 0 Å². The Bertz CT molecular complexity index is 1130. The molecule has 4 rings (SSSR count). The first kappa shape index (κ1) is 19.9. The number of amides is 2. The zero-order chi connectivity index (χ0) is 21.5. The Morgan fingerprint density at radius 2 is 1.40 bits per heavy atom. The molecule has 0 saturated carbocycles. The monoisotopic (exact) mass is 432 g/mol. The Balaban J connectivity index is 1.62. The van der Waals surface area contributed by atoms with Crippen LogP contribution in [0.25, 0.3) is 11.1 Å². The van der Waals surface area contributed by atoms with Gasteiger partial charge in [-0.2, -0.15) is 0 Å². The van der Waals surface area contributed by atoms with E-state index < -0.39 is 23.9 Å². The number of benzene rings is 2. The first-order valence-corrected chi connectivity index (χ1v) is 9.08. The average Bonchev–Trinajstić information content (AvgIpc) is 2.93. The van der Waals surface area contributed by atoms with Crippen molar-refractivity contribution < 1.29 is 27.5 Å². The maximum atomic E-state index is 12.7. The number of fused-ring (bicyclic) bond motifs is 1. The van der Waals surface area contributed by atoms with Crippen LogP contribution in [0.2, 0.25) is 5.15 Å². The minimum atomic E-state index is -4.86. The van der Waals surface area contributed by atoms with Gasteiger partial charge >= 0.3 is 6.36 Å². The second-order valence-electron chi connectivity index (χ2n) is 6.43. The highest BCUT2D eigenvalue weighted by molar-refractivity contribution is 6.32. The van der Waals surface area contributed by atoms with E-state index in [2.05, 4.69) is 9.72 Å². The van der Waals surface area contributed by atoms with Crippen molar-refractivity contribution in [2.45, 2.75) is 12.9 Å². The molecule has 0 radical (unpaired) electrons. The zero-order valence-electron chi connectivity index (χ0n) is 15.1. The molecule has 1 aliphatic rings. The first-order chi connectivity index (χ1) is 14.2. The van der Waals surface area contributed by atoms with Crippen LogP contribution in [0, 0.1) is 0 Å². The number of carbonyl (C=O) groups is 2. The molecular weight excluding hydrogens is 421 g/mol. The molecule has 2 heterocycles. The van der Waals surface area contributed by atoms with Crippen molar-refractivity contribution in [2.75, 3.05) is 0 Å². The fraction of sp³-hybridized carbons (Fsp3) is 0.0952. The van der Waals surface area contributed by atoms with E-state index in [1.54, 1.807) is 30.3 Å². The number of rotatable bonds is 4. The standard InChI is InChI=1S/C21H12ClF3N2O3/c22-18-14(13-5-3-4-8-17(13)30-21(23,24)25)10-9-12(26-18)11-27-19(28)15-6-1-2-7-16(15)20(27)29/h1-10H,11H2. The van der Waals surface area contributed by atoms with Crippen molar-refractivity contribution in [2.24, 2.45) is 0 Å². The van der Waals surface area contributed by atoms with Crippen molar-refractivity contribution >= 4 is 23.4 Å². The minimum Gasteiger partial charge on any atom is -0.405 e. The predicted molar refractivity (Wildman–Crippen MR) is 102 cm³/mol. The summed E-state index contributed by atoms with van der Waals surface area (Å²) in [4.78, 5) is 30.2. The van der Waals surface area contributed by atoms with Gasteiger partial charge in [0.05, 0.1) is 23.4 Å². The average molecular weight is 433 g/mol. The van der Waals surface area contributed by atoms with Gasteiger partial charge in [0.25, 0.3) is 11.8 Å². The van der Waals surface area contributed by atoms with E-state index in [0.29, 0.717) is 16.8 Å². The molecule has 2 amide bonds. The summed E-state index contributed by atoms with van der Waals surface area (Å²) in [6.45, 7) is -0.118. The second-order valence-corrected chi connectivity index (χ2v) is 6.78. The highest BCUT2D eigenvalue weighted by atomic mass is 35.5. The van der Waals surface area contributed by atoms with Crippen LogP contribution < -0.4 is 4.74 Å². The van der Waals surface area contributed by atoms with Gasteiger partial charge in [0.1, 0.15) is 10.9 Å². The number of pyridine rings is 1. The van der Waals surface area contributed by atoms with Crippen LogP contribution in [0.4, 0.5) is 13.2 Å². The topological polar surface area (TPSA) is 59.5 Å². The summed E-state index contributed by atoms with van der Waals surface area (Å²) in [5.74, 6) is -1.30. The van der Waals surface area contributed by atoms with Crippen LogP contribution in [0.1, 0.15) is 26.4 Å².